The van der Waals surface area contributed by atoms with Crippen molar-refractivity contribution in [3.8, 4) is 17.6 Å². The number of methoxy groups -OCH3 is 1. The smallest absolute Gasteiger partial charge is 0.271 e. The number of hydrogen-bond donors (Lipinski definition) is 1. The number of nitriles is 1. The van der Waals surface area contributed by atoms with Crippen LogP contribution in [0, 0.1) is 25.0 Å². The second-order valence-corrected chi connectivity index (χ2v) is 8.53. The molecule has 172 valence electrons. The van der Waals surface area contributed by atoms with Gasteiger partial charge in [-0.2, -0.15) is 5.26 Å². The van der Waals surface area contributed by atoms with Crippen LogP contribution in [0.1, 0.15) is 11.1 Å². The van der Waals surface area contributed by atoms with Gasteiger partial charge >= 0.3 is 0 Å². The lowest BCUT2D eigenvalue weighted by atomic mass is 10.1. The molecule has 10 heteroatoms. The van der Waals surface area contributed by atoms with E-state index in [0.717, 1.165) is 9.13 Å². The number of benzene rings is 3. The van der Waals surface area contributed by atoms with Gasteiger partial charge in [-0.1, -0.05) is 29.8 Å². The number of rotatable bonds is 8. The topological polar surface area (TPSA) is 114 Å². The van der Waals surface area contributed by atoms with Crippen molar-refractivity contribution in [2.45, 2.75) is 6.61 Å². The number of nitro benzene ring substituents is 1. The molecule has 0 fully saturated rings. The number of nitrogens with zero attached hydrogens (tertiary/aromatic N) is 2. The molecule has 0 bridgehead atoms. The SMILES string of the molecule is COc1cc(/C=C(\C#N)C(=O)Nc2cccc([N+](=O)[O-])c2)cc(Cl)c1OCc1ccc(I)cc1. The van der Waals surface area contributed by atoms with Crippen LogP contribution in [0.3, 0.4) is 0 Å². The van der Waals surface area contributed by atoms with Crippen LogP contribution >= 0.6 is 34.2 Å². The predicted octanol–water partition coefficient (Wildman–Crippen LogP) is 5.99. The Morgan fingerprint density at radius 3 is 2.62 bits per heavy atom. The van der Waals surface area contributed by atoms with E-state index in [-0.39, 0.29) is 28.6 Å². The summed E-state index contributed by atoms with van der Waals surface area (Å²) < 4.78 is 12.4. The Kier molecular flexibility index (Phi) is 8.45. The zero-order valence-corrected chi connectivity index (χ0v) is 20.7. The van der Waals surface area contributed by atoms with Crippen molar-refractivity contribution in [3.05, 3.63) is 96.1 Å². The maximum Gasteiger partial charge on any atom is 0.271 e. The molecule has 1 amide bonds. The minimum absolute atomic E-state index is 0.183. The molecule has 0 aliphatic heterocycles. The summed E-state index contributed by atoms with van der Waals surface area (Å²) in [6, 6.07) is 18.2. The summed E-state index contributed by atoms with van der Waals surface area (Å²) in [5, 5.41) is 23.1. The van der Waals surface area contributed by atoms with Crippen LogP contribution in [0.15, 0.2) is 66.2 Å². The van der Waals surface area contributed by atoms with Gasteiger partial charge in [0.1, 0.15) is 18.2 Å². The van der Waals surface area contributed by atoms with E-state index in [0.29, 0.717) is 17.1 Å². The van der Waals surface area contributed by atoms with E-state index in [1.165, 1.54) is 37.5 Å². The number of carbonyl (C=O) groups excluding carboxylic acids is 1. The fourth-order valence-electron chi connectivity index (χ4n) is 2.91. The first-order valence-electron chi connectivity index (χ1n) is 9.73. The molecule has 0 radical (unpaired) electrons. The second kappa shape index (κ2) is 11.5. The van der Waals surface area contributed by atoms with E-state index in [9.17, 15) is 20.2 Å². The van der Waals surface area contributed by atoms with E-state index < -0.39 is 10.8 Å². The maximum absolute atomic E-state index is 12.6. The minimum Gasteiger partial charge on any atom is -0.493 e. The Morgan fingerprint density at radius 1 is 1.24 bits per heavy atom. The largest absolute Gasteiger partial charge is 0.493 e. The highest BCUT2D eigenvalue weighted by atomic mass is 127. The molecule has 34 heavy (non-hydrogen) atoms. The third-order valence-electron chi connectivity index (χ3n) is 4.54. The van der Waals surface area contributed by atoms with Crippen LogP contribution in [0.25, 0.3) is 6.08 Å². The molecule has 0 aromatic heterocycles. The van der Waals surface area contributed by atoms with Crippen molar-refractivity contribution in [2.24, 2.45) is 0 Å². The Hall–Kier alpha value is -3.62. The van der Waals surface area contributed by atoms with E-state index in [1.54, 1.807) is 12.1 Å². The zero-order valence-electron chi connectivity index (χ0n) is 17.7. The van der Waals surface area contributed by atoms with Gasteiger partial charge < -0.3 is 14.8 Å². The third kappa shape index (κ3) is 6.46. The maximum atomic E-state index is 12.6. The average molecular weight is 590 g/mol. The summed E-state index contributed by atoms with van der Waals surface area (Å²) in [7, 11) is 1.46. The molecule has 0 heterocycles. The van der Waals surface area contributed by atoms with E-state index in [1.807, 2.05) is 30.3 Å². The van der Waals surface area contributed by atoms with Crippen LogP contribution in [0.5, 0.6) is 11.5 Å². The first kappa shape index (κ1) is 25.0. The number of anilines is 1. The fourth-order valence-corrected chi connectivity index (χ4v) is 3.54. The molecule has 0 saturated heterocycles. The fraction of sp³-hybridized carbons (Fsp3) is 0.0833. The highest BCUT2D eigenvalue weighted by Gasteiger charge is 2.15. The first-order chi connectivity index (χ1) is 16.3. The van der Waals surface area contributed by atoms with Crippen molar-refractivity contribution in [3.63, 3.8) is 0 Å². The van der Waals surface area contributed by atoms with Crippen molar-refractivity contribution in [1.29, 1.82) is 5.26 Å². The molecule has 3 aromatic carbocycles. The summed E-state index contributed by atoms with van der Waals surface area (Å²) in [4.78, 5) is 22.9. The molecule has 0 saturated carbocycles. The lowest BCUT2D eigenvalue weighted by molar-refractivity contribution is -0.384. The number of nitrogens with one attached hydrogen (secondary N) is 1. The number of hydrogen-bond acceptors (Lipinski definition) is 6. The van der Waals surface area contributed by atoms with Gasteiger partial charge in [0.2, 0.25) is 0 Å². The lowest BCUT2D eigenvalue weighted by Crippen LogP contribution is -2.13. The van der Waals surface area contributed by atoms with Gasteiger partial charge in [0.15, 0.2) is 11.5 Å². The molecule has 0 spiro atoms. The van der Waals surface area contributed by atoms with Crippen LogP contribution in [-0.4, -0.2) is 17.9 Å². The number of nitro groups is 1. The molecule has 0 aliphatic carbocycles. The number of non-ortho nitro benzene ring substituents is 1. The van der Waals surface area contributed by atoms with Gasteiger partial charge in [-0.3, -0.25) is 14.9 Å². The van der Waals surface area contributed by atoms with E-state index >= 15 is 0 Å². The highest BCUT2D eigenvalue weighted by Crippen LogP contribution is 2.37. The Bertz CT molecular complexity index is 1300. The van der Waals surface area contributed by atoms with Gasteiger partial charge in [0.25, 0.3) is 11.6 Å². The normalized spacial score (nSPS) is 10.8. The highest BCUT2D eigenvalue weighted by molar-refractivity contribution is 14.1. The van der Waals surface area contributed by atoms with Crippen molar-refractivity contribution < 1.29 is 19.2 Å². The Balaban J connectivity index is 1.81. The molecular weight excluding hydrogens is 573 g/mol. The summed E-state index contributed by atoms with van der Waals surface area (Å²) >= 11 is 8.62. The van der Waals surface area contributed by atoms with Crippen molar-refractivity contribution >= 4 is 57.5 Å². The minimum atomic E-state index is -0.725. The summed E-state index contributed by atoms with van der Waals surface area (Å²) in [5.74, 6) is -0.0582. The van der Waals surface area contributed by atoms with Crippen LogP contribution in [0.2, 0.25) is 5.02 Å². The standard InChI is InChI=1S/C24H17ClIN3O5/c1-33-22-11-16(10-21(25)23(22)34-14-15-5-7-18(26)8-6-15)9-17(13-27)24(30)28-19-3-2-4-20(12-19)29(31)32/h2-12H,14H2,1H3,(H,28,30)/b17-9+. The second-order valence-electron chi connectivity index (χ2n) is 6.88. The zero-order chi connectivity index (χ0) is 24.7. The van der Waals surface area contributed by atoms with Crippen LogP contribution in [0.4, 0.5) is 11.4 Å². The van der Waals surface area contributed by atoms with Crippen LogP contribution < -0.4 is 14.8 Å². The molecular formula is C24H17ClIN3O5. The number of carbonyl (C=O) groups is 1. The Labute approximate surface area is 214 Å². The van der Waals surface area contributed by atoms with E-state index in [2.05, 4.69) is 27.9 Å². The molecule has 1 N–H and O–H groups in total. The van der Waals surface area contributed by atoms with Crippen molar-refractivity contribution in [2.75, 3.05) is 12.4 Å². The van der Waals surface area contributed by atoms with Gasteiger partial charge in [-0.15, -0.1) is 0 Å². The van der Waals surface area contributed by atoms with Crippen LogP contribution in [-0.2, 0) is 11.4 Å². The average Bonchev–Trinajstić information content (AvgIpc) is 2.82. The quantitative estimate of drug-likeness (QED) is 0.114. The van der Waals surface area contributed by atoms with Gasteiger partial charge in [0, 0.05) is 21.4 Å². The summed E-state index contributed by atoms with van der Waals surface area (Å²) in [5.41, 5.74) is 1.17. The van der Waals surface area contributed by atoms with Gasteiger partial charge in [-0.05, 0) is 70.1 Å². The van der Waals surface area contributed by atoms with Gasteiger partial charge in [-0.25, -0.2) is 0 Å². The molecule has 0 aliphatic rings. The first-order valence-corrected chi connectivity index (χ1v) is 11.2. The monoisotopic (exact) mass is 589 g/mol. The predicted molar refractivity (Wildman–Crippen MR) is 137 cm³/mol. The molecule has 0 unspecified atom stereocenters. The lowest BCUT2D eigenvalue weighted by Gasteiger charge is -2.14. The van der Waals surface area contributed by atoms with Gasteiger partial charge in [0.05, 0.1) is 17.1 Å². The number of ether oxygens (including phenoxy) is 2. The Morgan fingerprint density at radius 2 is 1.97 bits per heavy atom. The summed E-state index contributed by atoms with van der Waals surface area (Å²) in [6.45, 7) is 0.275. The number of halogens is 2. The molecule has 3 rings (SSSR count). The molecule has 3 aromatic rings. The third-order valence-corrected chi connectivity index (χ3v) is 5.54. The molecule has 8 nitrogen and oxygen atoms in total. The summed E-state index contributed by atoms with van der Waals surface area (Å²) in [6.07, 6.45) is 1.34. The van der Waals surface area contributed by atoms with Crippen molar-refractivity contribution in [1.82, 2.24) is 0 Å². The molecule has 0 atom stereocenters. The van der Waals surface area contributed by atoms with E-state index in [4.69, 9.17) is 21.1 Å². The number of amides is 1.